The highest BCUT2D eigenvalue weighted by molar-refractivity contribution is 5.87. The molecule has 0 radical (unpaired) electrons. The molecule has 4 aliphatic rings. The van der Waals surface area contributed by atoms with Crippen LogP contribution in [0.25, 0.3) is 0 Å². The summed E-state index contributed by atoms with van der Waals surface area (Å²) < 4.78 is 0. The molecular formula is C19H30O3. The van der Waals surface area contributed by atoms with Crippen LogP contribution in [0.15, 0.2) is 0 Å². The molecule has 0 aliphatic heterocycles. The van der Waals surface area contributed by atoms with E-state index in [-0.39, 0.29) is 5.41 Å². The summed E-state index contributed by atoms with van der Waals surface area (Å²) in [4.78, 5) is 12.4. The molecule has 0 amide bonds. The number of hydrogen-bond donors (Lipinski definition) is 2. The summed E-state index contributed by atoms with van der Waals surface area (Å²) in [5.74, 6) is 1.94. The van der Waals surface area contributed by atoms with E-state index in [2.05, 4.69) is 6.92 Å². The lowest BCUT2D eigenvalue weighted by Crippen LogP contribution is -2.61. The normalized spacial score (nSPS) is 57.9. The number of Topliss-reactive ketones (excluding diaryl/α,β-unsaturated/α-hetero) is 1. The third-order valence-electron chi connectivity index (χ3n) is 8.07. The van der Waals surface area contributed by atoms with E-state index in [9.17, 15) is 15.0 Å². The van der Waals surface area contributed by atoms with E-state index in [4.69, 9.17) is 0 Å². The predicted octanol–water partition coefficient (Wildman–Crippen LogP) is 3.07. The summed E-state index contributed by atoms with van der Waals surface area (Å²) in [7, 11) is 0. The van der Waals surface area contributed by atoms with E-state index < -0.39 is 11.2 Å². The Morgan fingerprint density at radius 2 is 1.68 bits per heavy atom. The van der Waals surface area contributed by atoms with Crippen LogP contribution in [0.5, 0.6) is 0 Å². The minimum Gasteiger partial charge on any atom is -0.390 e. The van der Waals surface area contributed by atoms with Crippen molar-refractivity contribution >= 4 is 5.78 Å². The number of ketones is 1. The van der Waals surface area contributed by atoms with Gasteiger partial charge >= 0.3 is 0 Å². The van der Waals surface area contributed by atoms with Crippen LogP contribution < -0.4 is 0 Å². The maximum Gasteiger partial charge on any atom is 0.139 e. The first-order valence-electron chi connectivity index (χ1n) is 9.24. The zero-order valence-corrected chi connectivity index (χ0v) is 14.0. The molecule has 124 valence electrons. The van der Waals surface area contributed by atoms with E-state index >= 15 is 0 Å². The van der Waals surface area contributed by atoms with E-state index in [0.29, 0.717) is 29.5 Å². The van der Waals surface area contributed by atoms with Crippen LogP contribution in [-0.2, 0) is 4.79 Å². The minimum atomic E-state index is -0.575. The Hall–Kier alpha value is -0.410. The highest BCUT2D eigenvalue weighted by atomic mass is 16.3. The molecule has 4 saturated carbocycles. The fourth-order valence-electron chi connectivity index (χ4n) is 6.84. The third-order valence-corrected chi connectivity index (χ3v) is 8.07. The summed E-state index contributed by atoms with van der Waals surface area (Å²) in [6.07, 6.45) is 8.12. The second-order valence-electron chi connectivity index (χ2n) is 9.27. The molecule has 0 heterocycles. The maximum atomic E-state index is 12.4. The molecule has 0 aromatic carbocycles. The van der Waals surface area contributed by atoms with E-state index in [0.717, 1.165) is 57.8 Å². The van der Waals surface area contributed by atoms with Crippen molar-refractivity contribution in [3.63, 3.8) is 0 Å². The zero-order chi connectivity index (χ0) is 15.8. The Morgan fingerprint density at radius 1 is 0.909 bits per heavy atom. The summed E-state index contributed by atoms with van der Waals surface area (Å²) in [6.45, 7) is 4.11. The summed E-state index contributed by atoms with van der Waals surface area (Å²) in [5.41, 5.74) is -1.28. The lowest BCUT2D eigenvalue weighted by Gasteiger charge is -2.60. The Labute approximate surface area is 133 Å². The molecule has 0 spiro atoms. The molecule has 0 aromatic heterocycles. The molecule has 7 atom stereocenters. The first-order chi connectivity index (χ1) is 10.3. The molecule has 0 aromatic rings. The van der Waals surface area contributed by atoms with Gasteiger partial charge in [0, 0.05) is 11.8 Å². The van der Waals surface area contributed by atoms with Crippen LogP contribution in [0.3, 0.4) is 0 Å². The van der Waals surface area contributed by atoms with Gasteiger partial charge < -0.3 is 10.2 Å². The molecule has 22 heavy (non-hydrogen) atoms. The highest BCUT2D eigenvalue weighted by Gasteiger charge is 2.63. The van der Waals surface area contributed by atoms with Gasteiger partial charge in [0.2, 0.25) is 0 Å². The Balaban J connectivity index is 1.64. The summed E-state index contributed by atoms with van der Waals surface area (Å²) in [5, 5.41) is 22.0. The standard InChI is InChI=1S/C19H30O3/c1-17(21)8-7-13-12(11-17)3-4-15-14-5-6-16(20)18(14,2)9-10-19(13,15)22/h12-15,21-22H,3-11H2,1-2H3/t12-,13?,14?,15?,17+,18-,19-/m0/s1. The van der Waals surface area contributed by atoms with Crippen LogP contribution in [0.4, 0.5) is 0 Å². The van der Waals surface area contributed by atoms with Gasteiger partial charge in [-0.1, -0.05) is 6.92 Å². The first kappa shape index (κ1) is 15.1. The van der Waals surface area contributed by atoms with Crippen molar-refractivity contribution < 1.29 is 15.0 Å². The number of fused-ring (bicyclic) bond motifs is 5. The van der Waals surface area contributed by atoms with Crippen LogP contribution >= 0.6 is 0 Å². The quantitative estimate of drug-likeness (QED) is 0.723. The number of hydrogen-bond acceptors (Lipinski definition) is 3. The van der Waals surface area contributed by atoms with Gasteiger partial charge in [-0.15, -0.1) is 0 Å². The van der Waals surface area contributed by atoms with Gasteiger partial charge in [0.1, 0.15) is 5.78 Å². The van der Waals surface area contributed by atoms with Crippen molar-refractivity contribution in [1.29, 1.82) is 0 Å². The van der Waals surface area contributed by atoms with E-state index in [1.54, 1.807) is 0 Å². The summed E-state index contributed by atoms with van der Waals surface area (Å²) in [6, 6.07) is 0. The van der Waals surface area contributed by atoms with Crippen molar-refractivity contribution in [1.82, 2.24) is 0 Å². The second kappa shape index (κ2) is 4.57. The molecule has 4 fully saturated rings. The maximum absolute atomic E-state index is 12.4. The Bertz CT molecular complexity index is 499. The van der Waals surface area contributed by atoms with Crippen molar-refractivity contribution in [2.24, 2.45) is 29.1 Å². The number of carbonyl (C=O) groups is 1. The third kappa shape index (κ3) is 1.91. The van der Waals surface area contributed by atoms with Gasteiger partial charge in [-0.05, 0) is 82.0 Å². The lowest BCUT2D eigenvalue weighted by atomic mass is 9.47. The molecule has 3 nitrogen and oxygen atoms in total. The average Bonchev–Trinajstić information content (AvgIpc) is 2.74. The van der Waals surface area contributed by atoms with Gasteiger partial charge in [0.15, 0.2) is 0 Å². The first-order valence-corrected chi connectivity index (χ1v) is 9.24. The summed E-state index contributed by atoms with van der Waals surface area (Å²) >= 11 is 0. The second-order valence-corrected chi connectivity index (χ2v) is 9.27. The van der Waals surface area contributed by atoms with Gasteiger partial charge in [-0.25, -0.2) is 0 Å². The van der Waals surface area contributed by atoms with Crippen LogP contribution in [0.2, 0.25) is 0 Å². The van der Waals surface area contributed by atoms with Crippen molar-refractivity contribution in [3.8, 4) is 0 Å². The topological polar surface area (TPSA) is 57.5 Å². The largest absolute Gasteiger partial charge is 0.390 e. The molecule has 4 rings (SSSR count). The zero-order valence-electron chi connectivity index (χ0n) is 14.0. The molecule has 0 saturated heterocycles. The monoisotopic (exact) mass is 306 g/mol. The smallest absolute Gasteiger partial charge is 0.139 e. The van der Waals surface area contributed by atoms with Crippen LogP contribution in [-0.4, -0.2) is 27.2 Å². The van der Waals surface area contributed by atoms with E-state index in [1.807, 2.05) is 6.92 Å². The van der Waals surface area contributed by atoms with E-state index in [1.165, 1.54) is 0 Å². The highest BCUT2D eigenvalue weighted by Crippen LogP contribution is 2.63. The molecule has 0 bridgehead atoms. The van der Waals surface area contributed by atoms with Gasteiger partial charge in [-0.2, -0.15) is 0 Å². The van der Waals surface area contributed by atoms with Crippen molar-refractivity contribution in [2.45, 2.75) is 82.8 Å². The number of carbonyl (C=O) groups excluding carboxylic acids is 1. The fourth-order valence-corrected chi connectivity index (χ4v) is 6.84. The minimum absolute atomic E-state index is 0.163. The molecular weight excluding hydrogens is 276 g/mol. The van der Waals surface area contributed by atoms with Crippen molar-refractivity contribution in [2.75, 3.05) is 0 Å². The van der Waals surface area contributed by atoms with Gasteiger partial charge in [-0.3, -0.25) is 4.79 Å². The molecule has 3 unspecified atom stereocenters. The average molecular weight is 306 g/mol. The fraction of sp³-hybridized carbons (Fsp3) is 0.947. The Morgan fingerprint density at radius 3 is 2.45 bits per heavy atom. The molecule has 4 aliphatic carbocycles. The number of rotatable bonds is 0. The lowest BCUT2D eigenvalue weighted by molar-refractivity contribution is -0.200. The SMILES string of the molecule is C[C@@]1(O)CCC2[C@@H](CCC3C4CCC(=O)[C@@]4(C)CC[C@@]32O)C1. The van der Waals surface area contributed by atoms with Gasteiger partial charge in [0.05, 0.1) is 11.2 Å². The molecule has 2 N–H and O–H groups in total. The van der Waals surface area contributed by atoms with Gasteiger partial charge in [0.25, 0.3) is 0 Å². The molecule has 3 heteroatoms. The van der Waals surface area contributed by atoms with Crippen molar-refractivity contribution in [3.05, 3.63) is 0 Å². The van der Waals surface area contributed by atoms with Crippen LogP contribution in [0.1, 0.15) is 71.6 Å². The predicted molar refractivity (Wildman–Crippen MR) is 84.2 cm³/mol. The Kier molecular flexibility index (Phi) is 3.14. The number of aliphatic hydroxyl groups is 2. The van der Waals surface area contributed by atoms with Crippen LogP contribution in [0, 0.1) is 29.1 Å².